The SMILES string of the molecule is CSc1ccccc1-c1nc2c(F)c(F)ccc2[nH]1. The smallest absolute Gasteiger partial charge is 0.186 e. The number of nitrogens with one attached hydrogen (secondary N) is 1. The number of aromatic nitrogens is 2. The van der Waals surface area contributed by atoms with Crippen LogP contribution in [-0.2, 0) is 0 Å². The van der Waals surface area contributed by atoms with Crippen molar-refractivity contribution >= 4 is 22.8 Å². The number of H-pyrrole nitrogens is 1. The zero-order chi connectivity index (χ0) is 13.4. The highest BCUT2D eigenvalue weighted by Gasteiger charge is 2.14. The van der Waals surface area contributed by atoms with Crippen LogP contribution in [0.15, 0.2) is 41.3 Å². The van der Waals surface area contributed by atoms with E-state index in [4.69, 9.17) is 0 Å². The van der Waals surface area contributed by atoms with Crippen LogP contribution < -0.4 is 0 Å². The van der Waals surface area contributed by atoms with Gasteiger partial charge in [-0.3, -0.25) is 0 Å². The van der Waals surface area contributed by atoms with Crippen LogP contribution in [0.5, 0.6) is 0 Å². The Morgan fingerprint density at radius 2 is 1.89 bits per heavy atom. The van der Waals surface area contributed by atoms with Crippen molar-refractivity contribution in [3.05, 3.63) is 48.0 Å². The van der Waals surface area contributed by atoms with Gasteiger partial charge in [0, 0.05) is 10.5 Å². The largest absolute Gasteiger partial charge is 0.338 e. The van der Waals surface area contributed by atoms with Crippen molar-refractivity contribution in [2.75, 3.05) is 6.26 Å². The molecule has 0 amide bonds. The Morgan fingerprint density at radius 1 is 1.11 bits per heavy atom. The molecule has 0 saturated carbocycles. The van der Waals surface area contributed by atoms with E-state index in [2.05, 4.69) is 9.97 Å². The highest BCUT2D eigenvalue weighted by Crippen LogP contribution is 2.30. The fourth-order valence-electron chi connectivity index (χ4n) is 1.99. The summed E-state index contributed by atoms with van der Waals surface area (Å²) in [5.74, 6) is -1.25. The van der Waals surface area contributed by atoms with Gasteiger partial charge in [-0.1, -0.05) is 18.2 Å². The molecule has 2 nitrogen and oxygen atoms in total. The molecular formula is C14H10F2N2S. The van der Waals surface area contributed by atoms with Crippen LogP contribution in [0.2, 0.25) is 0 Å². The zero-order valence-electron chi connectivity index (χ0n) is 10.1. The fourth-order valence-corrected chi connectivity index (χ4v) is 2.58. The average molecular weight is 276 g/mol. The number of halogens is 2. The molecule has 0 atom stereocenters. The Labute approximate surface area is 112 Å². The second-order valence-corrected chi connectivity index (χ2v) is 4.89. The van der Waals surface area contributed by atoms with Gasteiger partial charge in [0.2, 0.25) is 0 Å². The van der Waals surface area contributed by atoms with Crippen LogP contribution >= 0.6 is 11.8 Å². The first-order valence-corrected chi connectivity index (χ1v) is 6.90. The summed E-state index contributed by atoms with van der Waals surface area (Å²) >= 11 is 1.58. The maximum atomic E-state index is 13.6. The Bertz CT molecular complexity index is 752. The molecule has 0 aliphatic heterocycles. The number of aromatic amines is 1. The van der Waals surface area contributed by atoms with Gasteiger partial charge in [-0.15, -0.1) is 11.8 Å². The maximum absolute atomic E-state index is 13.6. The summed E-state index contributed by atoms with van der Waals surface area (Å²) < 4.78 is 26.8. The fraction of sp³-hybridized carbons (Fsp3) is 0.0714. The minimum atomic E-state index is -0.915. The van der Waals surface area contributed by atoms with E-state index in [1.54, 1.807) is 11.8 Å². The number of hydrogen-bond donors (Lipinski definition) is 1. The van der Waals surface area contributed by atoms with Crippen molar-refractivity contribution in [1.82, 2.24) is 9.97 Å². The Kier molecular flexibility index (Phi) is 2.98. The Hall–Kier alpha value is -1.88. The van der Waals surface area contributed by atoms with Gasteiger partial charge in [0.05, 0.1) is 5.52 Å². The van der Waals surface area contributed by atoms with Gasteiger partial charge in [0.15, 0.2) is 11.6 Å². The molecule has 0 spiro atoms. The van der Waals surface area contributed by atoms with Gasteiger partial charge in [-0.05, 0) is 24.5 Å². The average Bonchev–Trinajstić information content (AvgIpc) is 2.87. The van der Waals surface area contributed by atoms with Gasteiger partial charge in [0.25, 0.3) is 0 Å². The third kappa shape index (κ3) is 2.00. The zero-order valence-corrected chi connectivity index (χ0v) is 10.9. The predicted octanol–water partition coefficient (Wildman–Crippen LogP) is 4.23. The predicted molar refractivity (Wildman–Crippen MR) is 73.2 cm³/mol. The molecule has 3 rings (SSSR count). The third-order valence-corrected chi connectivity index (χ3v) is 3.70. The molecule has 0 aliphatic rings. The lowest BCUT2D eigenvalue weighted by molar-refractivity contribution is 0.515. The van der Waals surface area contributed by atoms with E-state index in [0.29, 0.717) is 11.3 Å². The van der Waals surface area contributed by atoms with E-state index in [1.165, 1.54) is 6.07 Å². The van der Waals surface area contributed by atoms with E-state index in [1.807, 2.05) is 30.5 Å². The summed E-state index contributed by atoms with van der Waals surface area (Å²) in [4.78, 5) is 8.22. The quantitative estimate of drug-likeness (QED) is 0.709. The molecule has 0 bridgehead atoms. The number of hydrogen-bond acceptors (Lipinski definition) is 2. The van der Waals surface area contributed by atoms with E-state index in [-0.39, 0.29) is 5.52 Å². The maximum Gasteiger partial charge on any atom is 0.186 e. The molecular weight excluding hydrogens is 266 g/mol. The van der Waals surface area contributed by atoms with Gasteiger partial charge in [-0.25, -0.2) is 13.8 Å². The molecule has 19 heavy (non-hydrogen) atoms. The van der Waals surface area contributed by atoms with Crippen molar-refractivity contribution in [2.24, 2.45) is 0 Å². The summed E-state index contributed by atoms with van der Waals surface area (Å²) in [5.41, 5.74) is 1.40. The molecule has 0 unspecified atom stereocenters. The Balaban J connectivity index is 2.24. The number of benzene rings is 2. The minimum Gasteiger partial charge on any atom is -0.338 e. The summed E-state index contributed by atoms with van der Waals surface area (Å²) in [6.07, 6.45) is 1.96. The monoisotopic (exact) mass is 276 g/mol. The molecule has 5 heteroatoms. The van der Waals surface area contributed by atoms with Crippen LogP contribution in [0, 0.1) is 11.6 Å². The summed E-state index contributed by atoms with van der Waals surface area (Å²) in [6.45, 7) is 0. The normalized spacial score (nSPS) is 11.1. The lowest BCUT2D eigenvalue weighted by Gasteiger charge is -2.02. The number of fused-ring (bicyclic) bond motifs is 1. The second-order valence-electron chi connectivity index (χ2n) is 4.04. The highest BCUT2D eigenvalue weighted by atomic mass is 32.2. The lowest BCUT2D eigenvalue weighted by atomic mass is 10.2. The molecule has 1 N–H and O–H groups in total. The van der Waals surface area contributed by atoms with E-state index in [9.17, 15) is 8.78 Å². The molecule has 2 aromatic carbocycles. The molecule has 0 fully saturated rings. The summed E-state index contributed by atoms with van der Waals surface area (Å²) in [7, 11) is 0. The van der Waals surface area contributed by atoms with Gasteiger partial charge in [-0.2, -0.15) is 0 Å². The van der Waals surface area contributed by atoms with Crippen molar-refractivity contribution in [2.45, 2.75) is 4.90 Å². The first-order valence-electron chi connectivity index (χ1n) is 5.68. The summed E-state index contributed by atoms with van der Waals surface area (Å²) in [6, 6.07) is 10.3. The summed E-state index contributed by atoms with van der Waals surface area (Å²) in [5, 5.41) is 0. The highest BCUT2D eigenvalue weighted by molar-refractivity contribution is 7.98. The molecule has 1 heterocycles. The van der Waals surface area contributed by atoms with Crippen LogP contribution in [-0.4, -0.2) is 16.2 Å². The number of rotatable bonds is 2. The van der Waals surface area contributed by atoms with Crippen molar-refractivity contribution in [1.29, 1.82) is 0 Å². The first kappa shape index (κ1) is 12.2. The number of imidazole rings is 1. The molecule has 0 aliphatic carbocycles. The van der Waals surface area contributed by atoms with Crippen molar-refractivity contribution < 1.29 is 8.78 Å². The lowest BCUT2D eigenvalue weighted by Crippen LogP contribution is -1.85. The van der Waals surface area contributed by atoms with Gasteiger partial charge >= 0.3 is 0 Å². The first-order chi connectivity index (χ1) is 9.20. The molecule has 0 saturated heterocycles. The number of thioether (sulfide) groups is 1. The minimum absolute atomic E-state index is 0.0332. The Morgan fingerprint density at radius 3 is 2.68 bits per heavy atom. The van der Waals surface area contributed by atoms with Gasteiger partial charge in [0.1, 0.15) is 11.3 Å². The van der Waals surface area contributed by atoms with E-state index in [0.717, 1.165) is 16.5 Å². The number of nitrogens with zero attached hydrogens (tertiary/aromatic N) is 1. The molecule has 0 radical (unpaired) electrons. The second kappa shape index (κ2) is 4.66. The third-order valence-electron chi connectivity index (χ3n) is 2.91. The van der Waals surface area contributed by atoms with Gasteiger partial charge < -0.3 is 4.98 Å². The molecule has 3 aromatic rings. The van der Waals surface area contributed by atoms with Crippen LogP contribution in [0.3, 0.4) is 0 Å². The molecule has 96 valence electrons. The molecule has 1 aromatic heterocycles. The van der Waals surface area contributed by atoms with Crippen molar-refractivity contribution in [3.8, 4) is 11.4 Å². The van der Waals surface area contributed by atoms with Crippen molar-refractivity contribution in [3.63, 3.8) is 0 Å². The van der Waals surface area contributed by atoms with E-state index >= 15 is 0 Å². The standard InChI is InChI=1S/C14H10F2N2S/c1-19-11-5-3-2-4-8(11)14-17-10-7-6-9(15)12(16)13(10)18-14/h2-7H,1H3,(H,17,18). The van der Waals surface area contributed by atoms with Crippen LogP contribution in [0.1, 0.15) is 0 Å². The van der Waals surface area contributed by atoms with E-state index < -0.39 is 11.6 Å². The van der Waals surface area contributed by atoms with Crippen LogP contribution in [0.4, 0.5) is 8.78 Å². The van der Waals surface area contributed by atoms with Crippen LogP contribution in [0.25, 0.3) is 22.4 Å². The topological polar surface area (TPSA) is 28.7 Å².